The zero-order valence-electron chi connectivity index (χ0n) is 6.06. The van der Waals surface area contributed by atoms with Crippen molar-refractivity contribution in [2.24, 2.45) is 0 Å². The summed E-state index contributed by atoms with van der Waals surface area (Å²) in [6, 6.07) is 0. The van der Waals surface area contributed by atoms with Gasteiger partial charge in [0.1, 0.15) is 0 Å². The largest absolute Gasteiger partial charge is 0.481 e. The fourth-order valence-corrected chi connectivity index (χ4v) is 0. The smallest absolute Gasteiger partial charge is 0.300 e. The first kappa shape index (κ1) is 129. The Hall–Kier alpha value is -0.147. The molecule has 0 heterocycles. The van der Waals surface area contributed by atoms with Gasteiger partial charge in [0.15, 0.2) is 0 Å². The summed E-state index contributed by atoms with van der Waals surface area (Å²) >= 11 is 0. The Balaban J connectivity index is -0.00000000214. The van der Waals surface area contributed by atoms with Crippen molar-refractivity contribution in [1.29, 1.82) is 0 Å². The van der Waals surface area contributed by atoms with Gasteiger partial charge in [-0.05, 0) is 0 Å². The summed E-state index contributed by atoms with van der Waals surface area (Å²) in [5.74, 6) is -0.833. The van der Waals surface area contributed by atoms with Crippen molar-refractivity contribution in [3.63, 3.8) is 0 Å². The topological polar surface area (TPSA) is 226 Å². The van der Waals surface area contributed by atoms with Crippen LogP contribution in [0.15, 0.2) is 0 Å². The van der Waals surface area contributed by atoms with E-state index in [0.29, 0.717) is 0 Å². The zero-order chi connectivity index (χ0) is 3.58. The molecule has 0 radical (unpaired) electrons. The molecular weight excluding hydrogens is 217 g/mol. The van der Waals surface area contributed by atoms with Gasteiger partial charge in [-0.2, -0.15) is 0 Å². The van der Waals surface area contributed by atoms with Crippen LogP contribution in [0.25, 0.3) is 0 Å². The van der Waals surface area contributed by atoms with Crippen LogP contribution in [0, 0.1) is 0 Å². The predicted octanol–water partition coefficient (Wildman–Crippen LogP) is -4.86. The Labute approximate surface area is 75.8 Å². The average Bonchev–Trinajstić information content (AvgIpc) is 0.811. The summed E-state index contributed by atoms with van der Waals surface area (Å²) < 4.78 is 0. The van der Waals surface area contributed by atoms with Crippen LogP contribution in [-0.4, -0.2) is 43.9 Å². The number of hydrogen-bond acceptors (Lipinski definition) is 1. The van der Waals surface area contributed by atoms with Crippen LogP contribution < -0.4 is 0 Å². The van der Waals surface area contributed by atoms with Crippen LogP contribution in [0.1, 0.15) is 6.92 Å². The van der Waals surface area contributed by atoms with E-state index in [1.54, 1.807) is 0 Å². The standard InChI is InChI=1S/C2H4O2.6H2O.Zn/c1-2(3)4;;;;;;;/h1H3,(H,3,4);6*1H2;. The predicted molar refractivity (Wildman–Crippen MR) is 35.0 cm³/mol. The van der Waals surface area contributed by atoms with Crippen molar-refractivity contribution in [2.75, 3.05) is 0 Å². The number of carbonyl (C=O) groups is 1. The molecule has 0 saturated heterocycles. The van der Waals surface area contributed by atoms with Gasteiger partial charge in [-0.25, -0.2) is 0 Å². The summed E-state index contributed by atoms with van der Waals surface area (Å²) in [4.78, 5) is 9.00. The second-order valence-corrected chi connectivity index (χ2v) is 0.519. The molecule has 0 aliphatic carbocycles. The molecule has 0 fully saturated rings. The minimum Gasteiger partial charge on any atom is -0.481 e. The van der Waals surface area contributed by atoms with Crippen molar-refractivity contribution in [1.82, 2.24) is 0 Å². The van der Waals surface area contributed by atoms with E-state index in [9.17, 15) is 0 Å². The van der Waals surface area contributed by atoms with Crippen molar-refractivity contribution < 1.29 is 62.2 Å². The Bertz CT molecular complexity index is 35.1. The quantitative estimate of drug-likeness (QED) is 0.406. The monoisotopic (exact) mass is 232 g/mol. The van der Waals surface area contributed by atoms with Crippen LogP contribution in [0.3, 0.4) is 0 Å². The van der Waals surface area contributed by atoms with Crippen LogP contribution >= 0.6 is 0 Å². The van der Waals surface area contributed by atoms with Gasteiger partial charge < -0.3 is 38.0 Å². The Kier molecular flexibility index (Phi) is 1120. The molecule has 0 aliphatic heterocycles. The van der Waals surface area contributed by atoms with Crippen molar-refractivity contribution >= 4 is 5.97 Å². The number of rotatable bonds is 0. The van der Waals surface area contributed by atoms with Crippen LogP contribution in [0.2, 0.25) is 0 Å². The second kappa shape index (κ2) is 94.9. The molecule has 0 atom stereocenters. The zero-order valence-corrected chi connectivity index (χ0v) is 9.03. The molecule has 9 heteroatoms. The number of carboxylic acid groups (broad SMARTS) is 1. The third-order valence-electron chi connectivity index (χ3n) is 0. The molecule has 0 rings (SSSR count). The summed E-state index contributed by atoms with van der Waals surface area (Å²) in [6.45, 7) is 1.08. The molecule has 0 aromatic rings. The molecule has 0 bridgehead atoms. The Morgan fingerprint density at radius 1 is 0.909 bits per heavy atom. The molecule has 0 aromatic heterocycles. The Morgan fingerprint density at radius 2 is 0.909 bits per heavy atom. The minimum atomic E-state index is -0.833. The normalized spacial score (nSPS) is 2.27. The first-order valence-corrected chi connectivity index (χ1v) is 0.928. The van der Waals surface area contributed by atoms with E-state index < -0.39 is 5.97 Å². The molecule has 13 N–H and O–H groups in total. The van der Waals surface area contributed by atoms with Crippen LogP contribution in [0.4, 0.5) is 0 Å². The maximum atomic E-state index is 9.00. The third-order valence-corrected chi connectivity index (χ3v) is 0. The minimum absolute atomic E-state index is 0. The van der Waals surface area contributed by atoms with Gasteiger partial charge in [-0.15, -0.1) is 0 Å². The average molecular weight is 234 g/mol. The van der Waals surface area contributed by atoms with Crippen molar-refractivity contribution in [3.8, 4) is 0 Å². The number of hydrogen-bond donors (Lipinski definition) is 1. The molecule has 0 aromatic carbocycles. The fourth-order valence-electron chi connectivity index (χ4n) is 0. The molecule has 0 spiro atoms. The molecule has 0 amide bonds. The van der Waals surface area contributed by atoms with Gasteiger partial charge in [0.2, 0.25) is 0 Å². The number of carboxylic acids is 1. The first-order chi connectivity index (χ1) is 1.73. The molecule has 11 heavy (non-hydrogen) atoms. The van der Waals surface area contributed by atoms with E-state index in [2.05, 4.69) is 0 Å². The van der Waals surface area contributed by atoms with E-state index >= 15 is 0 Å². The van der Waals surface area contributed by atoms with E-state index in [1.165, 1.54) is 0 Å². The van der Waals surface area contributed by atoms with Gasteiger partial charge in [0.05, 0.1) is 0 Å². The van der Waals surface area contributed by atoms with Crippen LogP contribution in [0.5, 0.6) is 0 Å². The molecule has 0 saturated carbocycles. The van der Waals surface area contributed by atoms with E-state index in [4.69, 9.17) is 9.90 Å². The van der Waals surface area contributed by atoms with Gasteiger partial charge in [0.25, 0.3) is 5.97 Å². The third kappa shape index (κ3) is 28300. The van der Waals surface area contributed by atoms with Gasteiger partial charge >= 0.3 is 0 Å². The molecule has 0 aliphatic rings. The maximum Gasteiger partial charge on any atom is 0.300 e. The fraction of sp³-hybridized carbons (Fsp3) is 0.500. The van der Waals surface area contributed by atoms with Crippen LogP contribution in [-0.2, 0) is 24.3 Å². The Morgan fingerprint density at radius 3 is 0.909 bits per heavy atom. The van der Waals surface area contributed by atoms with Gasteiger partial charge in [-0.1, -0.05) is 0 Å². The second-order valence-electron chi connectivity index (χ2n) is 0.519. The summed E-state index contributed by atoms with van der Waals surface area (Å²) in [6.07, 6.45) is 0. The summed E-state index contributed by atoms with van der Waals surface area (Å²) in [7, 11) is 0. The first-order valence-electron chi connectivity index (χ1n) is 0.928. The molecule has 74 valence electrons. The van der Waals surface area contributed by atoms with Crippen molar-refractivity contribution in [3.05, 3.63) is 0 Å². The van der Waals surface area contributed by atoms with Gasteiger partial charge in [-0.3, -0.25) is 4.79 Å². The van der Waals surface area contributed by atoms with Gasteiger partial charge in [0, 0.05) is 26.4 Å². The summed E-state index contributed by atoms with van der Waals surface area (Å²) in [5, 5.41) is 7.42. The molecule has 0 unspecified atom stereocenters. The van der Waals surface area contributed by atoms with E-state index in [0.717, 1.165) is 6.92 Å². The molecular formula is C2H16O8Zn. The van der Waals surface area contributed by atoms with E-state index in [1.807, 2.05) is 0 Å². The SMILES string of the molecule is CC(=O)O.O.O.O.O.O.O.[Zn]. The van der Waals surface area contributed by atoms with E-state index in [-0.39, 0.29) is 52.3 Å². The summed E-state index contributed by atoms with van der Waals surface area (Å²) in [5.41, 5.74) is 0. The van der Waals surface area contributed by atoms with Crippen molar-refractivity contribution in [2.45, 2.75) is 6.92 Å². The molecule has 8 nitrogen and oxygen atoms in total. The number of aliphatic carboxylic acids is 1. The maximum absolute atomic E-state index is 9.00.